The van der Waals surface area contributed by atoms with Crippen molar-refractivity contribution in [2.45, 2.75) is 19.4 Å². The van der Waals surface area contributed by atoms with Crippen LogP contribution in [0.25, 0.3) is 0 Å². The first-order chi connectivity index (χ1) is 6.69. The molecule has 76 valence electrons. The maximum Gasteiger partial charge on any atom is 0.119 e. The van der Waals surface area contributed by atoms with Crippen LogP contribution in [0.3, 0.4) is 0 Å². The van der Waals surface area contributed by atoms with Gasteiger partial charge in [-0.2, -0.15) is 0 Å². The lowest BCUT2D eigenvalue weighted by Crippen LogP contribution is -1.98. The molecule has 1 aromatic rings. The number of methoxy groups -OCH3 is 1. The van der Waals surface area contributed by atoms with Crippen molar-refractivity contribution in [1.29, 1.82) is 0 Å². The fourth-order valence-electron chi connectivity index (χ4n) is 1.43. The van der Waals surface area contributed by atoms with E-state index in [0.29, 0.717) is 6.42 Å². The van der Waals surface area contributed by atoms with Gasteiger partial charge < -0.3 is 9.84 Å². The average Bonchev–Trinajstić information content (AvgIpc) is 2.17. The van der Waals surface area contributed by atoms with Crippen LogP contribution < -0.4 is 4.74 Å². The van der Waals surface area contributed by atoms with Crippen LogP contribution in [-0.4, -0.2) is 12.2 Å². The van der Waals surface area contributed by atoms with Gasteiger partial charge in [0.25, 0.3) is 0 Å². The maximum atomic E-state index is 9.75. The lowest BCUT2D eigenvalue weighted by atomic mass is 10.0. The van der Waals surface area contributed by atoms with E-state index in [0.717, 1.165) is 16.9 Å². The number of ether oxygens (including phenoxy) is 1. The molecule has 0 saturated heterocycles. The van der Waals surface area contributed by atoms with E-state index in [1.807, 2.05) is 25.1 Å². The summed E-state index contributed by atoms with van der Waals surface area (Å²) in [5.41, 5.74) is 1.98. The molecule has 2 nitrogen and oxygen atoms in total. The second-order valence-electron chi connectivity index (χ2n) is 3.26. The Morgan fingerprint density at radius 2 is 2.29 bits per heavy atom. The Kier molecular flexibility index (Phi) is 3.72. The Balaban J connectivity index is 2.93. The molecule has 0 heterocycles. The highest BCUT2D eigenvalue weighted by molar-refractivity contribution is 5.36. The van der Waals surface area contributed by atoms with Crippen LogP contribution in [0.4, 0.5) is 0 Å². The molecule has 0 aliphatic rings. The first-order valence-electron chi connectivity index (χ1n) is 4.62. The molecule has 1 N–H and O–H groups in total. The molecular formula is C12H16O2. The fraction of sp³-hybridized carbons (Fsp3) is 0.333. The topological polar surface area (TPSA) is 29.5 Å². The van der Waals surface area contributed by atoms with Crippen LogP contribution in [0, 0.1) is 6.92 Å². The molecule has 0 spiro atoms. The van der Waals surface area contributed by atoms with E-state index >= 15 is 0 Å². The van der Waals surface area contributed by atoms with Crippen molar-refractivity contribution >= 4 is 0 Å². The summed E-state index contributed by atoms with van der Waals surface area (Å²) in [6, 6.07) is 5.67. The van der Waals surface area contributed by atoms with E-state index in [-0.39, 0.29) is 0 Å². The van der Waals surface area contributed by atoms with E-state index in [9.17, 15) is 5.11 Å². The van der Waals surface area contributed by atoms with Crippen molar-refractivity contribution in [3.05, 3.63) is 42.0 Å². The molecule has 0 amide bonds. The zero-order chi connectivity index (χ0) is 10.6. The van der Waals surface area contributed by atoms with Gasteiger partial charge in [0, 0.05) is 0 Å². The summed E-state index contributed by atoms with van der Waals surface area (Å²) in [6.45, 7) is 5.57. The SMILES string of the molecule is C=CCC(O)c1ccc(OC)cc1C. The Hall–Kier alpha value is -1.28. The molecule has 1 aromatic carbocycles. The van der Waals surface area contributed by atoms with Crippen molar-refractivity contribution in [3.63, 3.8) is 0 Å². The molecular weight excluding hydrogens is 176 g/mol. The summed E-state index contributed by atoms with van der Waals surface area (Å²) in [7, 11) is 1.63. The number of hydrogen-bond acceptors (Lipinski definition) is 2. The lowest BCUT2D eigenvalue weighted by molar-refractivity contribution is 0.181. The Morgan fingerprint density at radius 3 is 2.79 bits per heavy atom. The standard InChI is InChI=1S/C12H16O2/c1-4-5-12(13)11-7-6-10(14-3)8-9(11)2/h4,6-8,12-13H,1,5H2,2-3H3. The molecule has 0 bridgehead atoms. The van der Waals surface area contributed by atoms with Crippen molar-refractivity contribution in [2.75, 3.05) is 7.11 Å². The van der Waals surface area contributed by atoms with E-state index in [2.05, 4.69) is 6.58 Å². The Labute approximate surface area is 84.8 Å². The molecule has 0 radical (unpaired) electrons. The predicted molar refractivity (Wildman–Crippen MR) is 57.5 cm³/mol. The summed E-state index contributed by atoms with van der Waals surface area (Å²) in [4.78, 5) is 0. The number of rotatable bonds is 4. The molecule has 14 heavy (non-hydrogen) atoms. The van der Waals surface area contributed by atoms with Crippen LogP contribution in [0.15, 0.2) is 30.9 Å². The summed E-state index contributed by atoms with van der Waals surface area (Å²) < 4.78 is 5.09. The Bertz CT molecular complexity index is 318. The number of hydrogen-bond donors (Lipinski definition) is 1. The summed E-state index contributed by atoms with van der Waals surface area (Å²) in [6.07, 6.45) is 1.83. The largest absolute Gasteiger partial charge is 0.497 e. The lowest BCUT2D eigenvalue weighted by Gasteiger charge is -2.12. The first kappa shape index (κ1) is 10.8. The third-order valence-electron chi connectivity index (χ3n) is 2.23. The second-order valence-corrected chi connectivity index (χ2v) is 3.26. The smallest absolute Gasteiger partial charge is 0.119 e. The second kappa shape index (κ2) is 4.82. The van der Waals surface area contributed by atoms with Crippen LogP contribution >= 0.6 is 0 Å². The van der Waals surface area contributed by atoms with Crippen LogP contribution in [0.2, 0.25) is 0 Å². The Morgan fingerprint density at radius 1 is 1.57 bits per heavy atom. The quantitative estimate of drug-likeness (QED) is 0.743. The molecule has 0 fully saturated rings. The molecule has 1 atom stereocenters. The number of aliphatic hydroxyl groups excluding tert-OH is 1. The monoisotopic (exact) mass is 192 g/mol. The van der Waals surface area contributed by atoms with Gasteiger partial charge in [-0.15, -0.1) is 6.58 Å². The van der Waals surface area contributed by atoms with Crippen LogP contribution in [0.1, 0.15) is 23.7 Å². The van der Waals surface area contributed by atoms with Gasteiger partial charge in [-0.3, -0.25) is 0 Å². The minimum absolute atomic E-state index is 0.460. The normalized spacial score (nSPS) is 12.2. The molecule has 1 unspecified atom stereocenters. The van der Waals surface area contributed by atoms with Gasteiger partial charge in [-0.05, 0) is 36.6 Å². The zero-order valence-electron chi connectivity index (χ0n) is 8.66. The molecule has 0 aliphatic carbocycles. The van der Waals surface area contributed by atoms with Crippen molar-refractivity contribution in [2.24, 2.45) is 0 Å². The van der Waals surface area contributed by atoms with E-state index < -0.39 is 6.10 Å². The third kappa shape index (κ3) is 2.36. The van der Waals surface area contributed by atoms with Gasteiger partial charge in [-0.25, -0.2) is 0 Å². The van der Waals surface area contributed by atoms with Crippen molar-refractivity contribution in [3.8, 4) is 5.75 Å². The fourth-order valence-corrected chi connectivity index (χ4v) is 1.43. The van der Waals surface area contributed by atoms with Gasteiger partial charge in [0.1, 0.15) is 5.75 Å². The van der Waals surface area contributed by atoms with Gasteiger partial charge in [0.2, 0.25) is 0 Å². The minimum atomic E-state index is -0.460. The highest BCUT2D eigenvalue weighted by Crippen LogP contribution is 2.24. The van der Waals surface area contributed by atoms with Crippen LogP contribution in [0.5, 0.6) is 5.75 Å². The summed E-state index contributed by atoms with van der Waals surface area (Å²) >= 11 is 0. The molecule has 0 aliphatic heterocycles. The maximum absolute atomic E-state index is 9.75. The zero-order valence-corrected chi connectivity index (χ0v) is 8.66. The highest BCUT2D eigenvalue weighted by atomic mass is 16.5. The third-order valence-corrected chi connectivity index (χ3v) is 2.23. The number of aliphatic hydroxyl groups is 1. The van der Waals surface area contributed by atoms with Crippen molar-refractivity contribution < 1.29 is 9.84 Å². The van der Waals surface area contributed by atoms with Gasteiger partial charge >= 0.3 is 0 Å². The van der Waals surface area contributed by atoms with Crippen molar-refractivity contribution in [1.82, 2.24) is 0 Å². The number of aryl methyl sites for hydroxylation is 1. The van der Waals surface area contributed by atoms with E-state index in [1.54, 1.807) is 13.2 Å². The number of benzene rings is 1. The van der Waals surface area contributed by atoms with Gasteiger partial charge in [0.05, 0.1) is 13.2 Å². The minimum Gasteiger partial charge on any atom is -0.497 e. The van der Waals surface area contributed by atoms with Gasteiger partial charge in [0.15, 0.2) is 0 Å². The van der Waals surface area contributed by atoms with E-state index in [4.69, 9.17) is 4.74 Å². The highest BCUT2D eigenvalue weighted by Gasteiger charge is 2.08. The van der Waals surface area contributed by atoms with Crippen LogP contribution in [-0.2, 0) is 0 Å². The first-order valence-corrected chi connectivity index (χ1v) is 4.62. The summed E-state index contributed by atoms with van der Waals surface area (Å²) in [5, 5.41) is 9.75. The molecule has 2 heteroatoms. The molecule has 1 rings (SSSR count). The van der Waals surface area contributed by atoms with Gasteiger partial charge in [-0.1, -0.05) is 12.1 Å². The molecule has 0 saturated carbocycles. The molecule has 0 aromatic heterocycles. The predicted octanol–water partition coefficient (Wildman–Crippen LogP) is 2.61. The average molecular weight is 192 g/mol. The summed E-state index contributed by atoms with van der Waals surface area (Å²) in [5.74, 6) is 0.817. The van der Waals surface area contributed by atoms with E-state index in [1.165, 1.54) is 0 Å².